The first-order chi connectivity index (χ1) is 18.5. The van der Waals surface area contributed by atoms with E-state index in [1.165, 1.54) is 0 Å². The first-order valence-electron chi connectivity index (χ1n) is 12.9. The standard InChI is InChI=1S/C25H28F5N5O4/c1-13(2)20-18-17(38-23(36)25(28,29)30)11-16(26)19(27)21(18)35(32-20)24-31-22(39-33-24)15-3-7-34(8-4-15)12-14-5-9-37-10-6-14/h11,13-15H,3-10,12H2,1-2H3. The number of rotatable bonds is 6. The number of piperidine rings is 1. The Morgan fingerprint density at radius 2 is 1.85 bits per heavy atom. The van der Waals surface area contributed by atoms with Crippen LogP contribution in [0.1, 0.15) is 63.0 Å². The third-order valence-electron chi connectivity index (χ3n) is 7.23. The van der Waals surface area contributed by atoms with Crippen molar-refractivity contribution in [1.29, 1.82) is 0 Å². The zero-order valence-electron chi connectivity index (χ0n) is 21.4. The van der Waals surface area contributed by atoms with Crippen LogP contribution in [0.2, 0.25) is 0 Å². The molecule has 4 heterocycles. The van der Waals surface area contributed by atoms with Gasteiger partial charge in [0.15, 0.2) is 11.6 Å². The van der Waals surface area contributed by atoms with E-state index in [2.05, 4.69) is 24.9 Å². The predicted molar refractivity (Wildman–Crippen MR) is 127 cm³/mol. The van der Waals surface area contributed by atoms with Gasteiger partial charge in [-0.05, 0) is 55.8 Å². The SMILES string of the molecule is CC(C)c1nn(-c2noc(C3CCN(CC4CCOCC4)CC3)n2)c2c(F)c(F)cc(OC(=O)C(F)(F)F)c12. The van der Waals surface area contributed by atoms with Crippen LogP contribution in [0.15, 0.2) is 10.6 Å². The second kappa shape index (κ2) is 10.8. The highest BCUT2D eigenvalue weighted by Gasteiger charge is 2.42. The molecule has 0 radical (unpaired) electrons. The predicted octanol–water partition coefficient (Wildman–Crippen LogP) is 4.88. The third kappa shape index (κ3) is 5.62. The van der Waals surface area contributed by atoms with Gasteiger partial charge < -0.3 is 18.9 Å². The molecule has 0 N–H and O–H groups in total. The number of hydrogen-bond donors (Lipinski definition) is 0. The van der Waals surface area contributed by atoms with Gasteiger partial charge in [0.25, 0.3) is 5.95 Å². The summed E-state index contributed by atoms with van der Waals surface area (Å²) in [4.78, 5) is 18.3. The summed E-state index contributed by atoms with van der Waals surface area (Å²) in [6.45, 7) is 7.59. The van der Waals surface area contributed by atoms with Crippen LogP contribution < -0.4 is 4.74 Å². The van der Waals surface area contributed by atoms with Gasteiger partial charge in [-0.3, -0.25) is 0 Å². The molecule has 0 bridgehead atoms. The van der Waals surface area contributed by atoms with Crippen LogP contribution in [0.4, 0.5) is 22.0 Å². The van der Waals surface area contributed by atoms with Gasteiger partial charge in [0, 0.05) is 31.7 Å². The Kier molecular flexibility index (Phi) is 7.60. The number of fused-ring (bicyclic) bond motifs is 1. The second-order valence-corrected chi connectivity index (χ2v) is 10.3. The van der Waals surface area contributed by atoms with Crippen LogP contribution in [0.5, 0.6) is 5.75 Å². The summed E-state index contributed by atoms with van der Waals surface area (Å²) in [7, 11) is 0. The van der Waals surface area contributed by atoms with Gasteiger partial charge in [-0.15, -0.1) is 0 Å². The molecule has 2 aliphatic heterocycles. The first kappa shape index (κ1) is 27.4. The fourth-order valence-electron chi connectivity index (χ4n) is 5.17. The maximum Gasteiger partial charge on any atom is 0.491 e. The smallest absolute Gasteiger partial charge is 0.419 e. The number of halogens is 5. The lowest BCUT2D eigenvalue weighted by Gasteiger charge is -2.34. The molecule has 9 nitrogen and oxygen atoms in total. The number of aromatic nitrogens is 4. The summed E-state index contributed by atoms with van der Waals surface area (Å²) in [6, 6.07) is 0.398. The number of ether oxygens (including phenoxy) is 2. The van der Waals surface area contributed by atoms with E-state index in [-0.39, 0.29) is 22.9 Å². The molecule has 2 saturated heterocycles. The lowest BCUT2D eigenvalue weighted by atomic mass is 9.94. The van der Waals surface area contributed by atoms with Gasteiger partial charge >= 0.3 is 12.1 Å². The van der Waals surface area contributed by atoms with E-state index in [1.54, 1.807) is 13.8 Å². The molecule has 14 heteroatoms. The fraction of sp³-hybridized carbons (Fsp3) is 0.600. The van der Waals surface area contributed by atoms with E-state index in [1.807, 2.05) is 0 Å². The second-order valence-electron chi connectivity index (χ2n) is 10.3. The summed E-state index contributed by atoms with van der Waals surface area (Å²) in [5.74, 6) is -6.08. The van der Waals surface area contributed by atoms with Crippen molar-refractivity contribution in [3.05, 3.63) is 29.3 Å². The Bertz CT molecular complexity index is 1340. The Morgan fingerprint density at radius 3 is 2.49 bits per heavy atom. The molecule has 0 saturated carbocycles. The third-order valence-corrected chi connectivity index (χ3v) is 7.23. The average molecular weight is 558 g/mol. The number of likely N-dealkylation sites (tertiary alicyclic amines) is 1. The van der Waals surface area contributed by atoms with Crippen molar-refractivity contribution in [1.82, 2.24) is 24.8 Å². The molecule has 39 heavy (non-hydrogen) atoms. The topological polar surface area (TPSA) is 95.5 Å². The maximum absolute atomic E-state index is 15.1. The number of hydrogen-bond acceptors (Lipinski definition) is 8. The average Bonchev–Trinajstić information content (AvgIpc) is 3.53. The minimum atomic E-state index is -5.34. The van der Waals surface area contributed by atoms with Crippen LogP contribution >= 0.6 is 0 Å². The van der Waals surface area contributed by atoms with Crippen molar-refractivity contribution in [2.24, 2.45) is 5.92 Å². The van der Waals surface area contributed by atoms with Crippen LogP contribution in [-0.4, -0.2) is 69.8 Å². The van der Waals surface area contributed by atoms with Crippen LogP contribution in [0.25, 0.3) is 16.9 Å². The van der Waals surface area contributed by atoms with Crippen molar-refractivity contribution in [2.45, 2.75) is 57.5 Å². The highest BCUT2D eigenvalue weighted by molar-refractivity contribution is 5.93. The molecule has 0 amide bonds. The molecular weight excluding hydrogens is 529 g/mol. The number of benzene rings is 1. The molecule has 0 aliphatic carbocycles. The summed E-state index contributed by atoms with van der Waals surface area (Å²) in [6.07, 6.45) is -1.70. The molecule has 0 atom stereocenters. The molecular formula is C25H28F5N5O4. The van der Waals surface area contributed by atoms with Crippen LogP contribution in [0.3, 0.4) is 0 Å². The fourth-order valence-corrected chi connectivity index (χ4v) is 5.17. The van der Waals surface area contributed by atoms with E-state index in [9.17, 15) is 22.4 Å². The lowest BCUT2D eigenvalue weighted by Crippen LogP contribution is -2.38. The van der Waals surface area contributed by atoms with Crippen molar-refractivity contribution >= 4 is 16.9 Å². The molecule has 2 aliphatic rings. The maximum atomic E-state index is 15.1. The Morgan fingerprint density at radius 1 is 1.15 bits per heavy atom. The molecule has 5 rings (SSSR count). The minimum absolute atomic E-state index is 0.0477. The normalized spacial score (nSPS) is 18.4. The molecule has 3 aromatic rings. The zero-order valence-corrected chi connectivity index (χ0v) is 21.4. The van der Waals surface area contributed by atoms with E-state index in [0.29, 0.717) is 17.9 Å². The highest BCUT2D eigenvalue weighted by atomic mass is 19.4. The number of carbonyl (C=O) groups is 1. The Hall–Kier alpha value is -3.13. The summed E-state index contributed by atoms with van der Waals surface area (Å²) < 4.78 is 84.4. The number of alkyl halides is 3. The minimum Gasteiger partial charge on any atom is -0.419 e. The molecule has 1 aromatic carbocycles. The molecule has 0 unspecified atom stereocenters. The zero-order chi connectivity index (χ0) is 27.9. The Labute approximate surface area is 220 Å². The number of carbonyl (C=O) groups excluding carboxylic acids is 1. The lowest BCUT2D eigenvalue weighted by molar-refractivity contribution is -0.189. The molecule has 2 aromatic heterocycles. The van der Waals surface area contributed by atoms with Crippen molar-refractivity contribution in [3.63, 3.8) is 0 Å². The Balaban J connectivity index is 1.42. The van der Waals surface area contributed by atoms with E-state index >= 15 is 4.39 Å². The number of esters is 1. The first-order valence-corrected chi connectivity index (χ1v) is 12.9. The van der Waals surface area contributed by atoms with Gasteiger partial charge in [-0.2, -0.15) is 27.9 Å². The molecule has 0 spiro atoms. The van der Waals surface area contributed by atoms with Gasteiger partial charge in [0.05, 0.1) is 11.1 Å². The van der Waals surface area contributed by atoms with Gasteiger partial charge in [0.1, 0.15) is 11.3 Å². The molecule has 212 valence electrons. The van der Waals surface area contributed by atoms with Crippen molar-refractivity contribution in [3.8, 4) is 11.7 Å². The van der Waals surface area contributed by atoms with Crippen molar-refractivity contribution in [2.75, 3.05) is 32.8 Å². The monoisotopic (exact) mass is 557 g/mol. The van der Waals surface area contributed by atoms with Crippen LogP contribution in [-0.2, 0) is 9.53 Å². The van der Waals surface area contributed by atoms with E-state index in [4.69, 9.17) is 9.26 Å². The van der Waals surface area contributed by atoms with Gasteiger partial charge in [-0.1, -0.05) is 13.8 Å². The summed E-state index contributed by atoms with van der Waals surface area (Å²) in [5, 5.41) is 7.89. The quantitative estimate of drug-likeness (QED) is 0.240. The van der Waals surface area contributed by atoms with E-state index in [0.717, 1.165) is 63.2 Å². The summed E-state index contributed by atoms with van der Waals surface area (Å²) in [5.41, 5.74) is -0.482. The van der Waals surface area contributed by atoms with Crippen molar-refractivity contribution < 1.29 is 40.7 Å². The molecule has 2 fully saturated rings. The van der Waals surface area contributed by atoms with Crippen LogP contribution in [0, 0.1) is 17.6 Å². The largest absolute Gasteiger partial charge is 0.491 e. The highest BCUT2D eigenvalue weighted by Crippen LogP contribution is 2.38. The number of nitrogens with zero attached hydrogens (tertiary/aromatic N) is 5. The van der Waals surface area contributed by atoms with E-state index < -0.39 is 41.0 Å². The summed E-state index contributed by atoms with van der Waals surface area (Å²) >= 11 is 0. The van der Waals surface area contributed by atoms with Gasteiger partial charge in [-0.25, -0.2) is 13.6 Å². The van der Waals surface area contributed by atoms with Gasteiger partial charge in [0.2, 0.25) is 5.89 Å².